The van der Waals surface area contributed by atoms with Crippen molar-refractivity contribution in [2.75, 3.05) is 0 Å². The third-order valence-electron chi connectivity index (χ3n) is 6.62. The molecule has 0 aliphatic heterocycles. The minimum Gasteiger partial charge on any atom is -0.345 e. The lowest BCUT2D eigenvalue weighted by Crippen LogP contribution is -2.13. The fourth-order valence-corrected chi connectivity index (χ4v) is 5.14. The SMILES string of the molecule is C=C(C)C(=C(C)C)c1cnc2c(-c3ccc(CN=O)cc3)cn(CC3CCCCC3)c2c1. The number of benzene rings is 1. The summed E-state index contributed by atoms with van der Waals surface area (Å²) in [6.07, 6.45) is 10.9. The number of hydrogen-bond donors (Lipinski definition) is 0. The molecule has 1 aliphatic rings. The van der Waals surface area contributed by atoms with Crippen LogP contribution in [0.25, 0.3) is 27.7 Å². The zero-order valence-electron chi connectivity index (χ0n) is 19.5. The van der Waals surface area contributed by atoms with Gasteiger partial charge in [0, 0.05) is 30.1 Å². The van der Waals surface area contributed by atoms with Gasteiger partial charge in [0.05, 0.1) is 11.0 Å². The quantitative estimate of drug-likeness (QED) is 0.284. The van der Waals surface area contributed by atoms with Crippen molar-refractivity contribution in [3.63, 3.8) is 0 Å². The fourth-order valence-electron chi connectivity index (χ4n) is 5.14. The van der Waals surface area contributed by atoms with E-state index in [4.69, 9.17) is 4.98 Å². The highest BCUT2D eigenvalue weighted by molar-refractivity contribution is 5.95. The number of nitrogens with zero attached hydrogens (tertiary/aromatic N) is 3. The minimum absolute atomic E-state index is 0.206. The monoisotopic (exact) mass is 427 g/mol. The minimum atomic E-state index is 0.206. The number of hydrogen-bond acceptors (Lipinski definition) is 3. The summed E-state index contributed by atoms with van der Waals surface area (Å²) in [7, 11) is 0. The number of rotatable bonds is 7. The molecule has 166 valence electrons. The Hall–Kier alpha value is -3.01. The molecule has 0 unspecified atom stereocenters. The van der Waals surface area contributed by atoms with Crippen molar-refractivity contribution in [1.29, 1.82) is 0 Å². The van der Waals surface area contributed by atoms with Gasteiger partial charge in [-0.25, -0.2) is 0 Å². The predicted molar refractivity (Wildman–Crippen MR) is 134 cm³/mol. The molecule has 0 N–H and O–H groups in total. The number of pyridine rings is 1. The van der Waals surface area contributed by atoms with Crippen molar-refractivity contribution < 1.29 is 0 Å². The highest BCUT2D eigenvalue weighted by Gasteiger charge is 2.19. The van der Waals surface area contributed by atoms with Crippen LogP contribution in [0.3, 0.4) is 0 Å². The van der Waals surface area contributed by atoms with Gasteiger partial charge in [0.25, 0.3) is 0 Å². The van der Waals surface area contributed by atoms with Gasteiger partial charge < -0.3 is 4.57 Å². The van der Waals surface area contributed by atoms with E-state index in [9.17, 15) is 4.91 Å². The van der Waals surface area contributed by atoms with Crippen LogP contribution in [0.15, 0.2) is 65.6 Å². The summed E-state index contributed by atoms with van der Waals surface area (Å²) in [5.74, 6) is 0.723. The Labute approximate surface area is 191 Å². The van der Waals surface area contributed by atoms with E-state index in [1.165, 1.54) is 48.8 Å². The molecule has 3 aromatic rings. The van der Waals surface area contributed by atoms with Gasteiger partial charge in [-0.1, -0.05) is 66.4 Å². The molecule has 32 heavy (non-hydrogen) atoms. The maximum absolute atomic E-state index is 10.6. The van der Waals surface area contributed by atoms with Gasteiger partial charge in [-0.15, -0.1) is 0 Å². The van der Waals surface area contributed by atoms with Gasteiger partial charge in [0.1, 0.15) is 6.54 Å². The van der Waals surface area contributed by atoms with Gasteiger partial charge >= 0.3 is 0 Å². The predicted octanol–water partition coefficient (Wildman–Crippen LogP) is 7.92. The van der Waals surface area contributed by atoms with E-state index in [0.29, 0.717) is 0 Å². The first kappa shape index (κ1) is 22.2. The Balaban J connectivity index is 1.82. The van der Waals surface area contributed by atoms with Crippen LogP contribution < -0.4 is 0 Å². The van der Waals surface area contributed by atoms with Crippen molar-refractivity contribution in [3.8, 4) is 11.1 Å². The van der Waals surface area contributed by atoms with E-state index in [0.717, 1.165) is 45.8 Å². The van der Waals surface area contributed by atoms with E-state index < -0.39 is 0 Å². The van der Waals surface area contributed by atoms with Crippen molar-refractivity contribution >= 4 is 16.6 Å². The lowest BCUT2D eigenvalue weighted by atomic mass is 9.89. The highest BCUT2D eigenvalue weighted by atomic mass is 16.3. The summed E-state index contributed by atoms with van der Waals surface area (Å²) in [5, 5.41) is 3.00. The van der Waals surface area contributed by atoms with Crippen molar-refractivity contribution in [3.05, 3.63) is 76.5 Å². The van der Waals surface area contributed by atoms with Gasteiger partial charge in [-0.2, -0.15) is 4.91 Å². The van der Waals surface area contributed by atoms with Gasteiger partial charge in [0.2, 0.25) is 0 Å². The molecule has 4 nitrogen and oxygen atoms in total. The zero-order valence-corrected chi connectivity index (χ0v) is 19.5. The molecule has 2 aromatic heterocycles. The number of allylic oxidation sites excluding steroid dienone is 3. The van der Waals surface area contributed by atoms with E-state index in [1.54, 1.807) is 0 Å². The molecule has 4 heteroatoms. The van der Waals surface area contributed by atoms with E-state index >= 15 is 0 Å². The first-order valence-corrected chi connectivity index (χ1v) is 11.7. The molecule has 1 fully saturated rings. The molecule has 0 radical (unpaired) electrons. The standard InChI is InChI=1S/C28H33N3O/c1-19(2)27(20(3)4)24-14-26-28(29-16-24)25(23-12-10-21(11-13-23)15-30-32)18-31(26)17-22-8-6-5-7-9-22/h10-14,16,18,22H,1,5-9,15,17H2,2-4H3. The van der Waals surface area contributed by atoms with Gasteiger partial charge in [-0.3, -0.25) is 4.98 Å². The topological polar surface area (TPSA) is 47.2 Å². The molecule has 4 rings (SSSR count). The third kappa shape index (κ3) is 4.59. The second-order valence-corrected chi connectivity index (χ2v) is 9.43. The molecular formula is C28H33N3O. The molecule has 1 saturated carbocycles. The van der Waals surface area contributed by atoms with Gasteiger partial charge in [0.15, 0.2) is 0 Å². The Morgan fingerprint density at radius 2 is 1.84 bits per heavy atom. The molecule has 1 aromatic carbocycles. The number of fused-ring (bicyclic) bond motifs is 1. The molecule has 1 aliphatic carbocycles. The number of aromatic nitrogens is 2. The number of nitroso groups, excluding NO2 is 1. The van der Waals surface area contributed by atoms with Crippen molar-refractivity contribution in [1.82, 2.24) is 9.55 Å². The molecule has 0 atom stereocenters. The zero-order chi connectivity index (χ0) is 22.7. The summed E-state index contributed by atoms with van der Waals surface area (Å²) in [5.41, 5.74) is 10.0. The second kappa shape index (κ2) is 9.64. The fraction of sp³-hybridized carbons (Fsp3) is 0.393. The van der Waals surface area contributed by atoms with E-state index in [1.807, 2.05) is 18.3 Å². The van der Waals surface area contributed by atoms with Crippen LogP contribution in [0, 0.1) is 10.8 Å². The first-order chi connectivity index (χ1) is 15.5. The van der Waals surface area contributed by atoms with Crippen LogP contribution >= 0.6 is 0 Å². The van der Waals surface area contributed by atoms with E-state index in [2.05, 4.69) is 61.5 Å². The summed E-state index contributed by atoms with van der Waals surface area (Å²) >= 11 is 0. The van der Waals surface area contributed by atoms with Crippen LogP contribution in [-0.2, 0) is 13.1 Å². The maximum atomic E-state index is 10.6. The summed E-state index contributed by atoms with van der Waals surface area (Å²) < 4.78 is 2.42. The van der Waals surface area contributed by atoms with Crippen LogP contribution in [-0.4, -0.2) is 9.55 Å². The Morgan fingerprint density at radius 3 is 2.47 bits per heavy atom. The second-order valence-electron chi connectivity index (χ2n) is 9.43. The summed E-state index contributed by atoms with van der Waals surface area (Å²) in [4.78, 5) is 15.6. The molecule has 0 amide bonds. The largest absolute Gasteiger partial charge is 0.345 e. The van der Waals surface area contributed by atoms with Crippen LogP contribution in [0.4, 0.5) is 0 Å². The molecule has 0 saturated heterocycles. The van der Waals surface area contributed by atoms with Crippen molar-refractivity contribution in [2.24, 2.45) is 11.1 Å². The molecule has 0 spiro atoms. The Morgan fingerprint density at radius 1 is 1.12 bits per heavy atom. The molecule has 0 bridgehead atoms. The third-order valence-corrected chi connectivity index (χ3v) is 6.62. The van der Waals surface area contributed by atoms with Crippen molar-refractivity contribution in [2.45, 2.75) is 66.0 Å². The smallest absolute Gasteiger partial charge is 0.106 e. The Kier molecular flexibility index (Phi) is 6.69. The van der Waals surface area contributed by atoms with Crippen LogP contribution in [0.1, 0.15) is 64.0 Å². The van der Waals surface area contributed by atoms with Crippen LogP contribution in [0.5, 0.6) is 0 Å². The normalized spacial score (nSPS) is 14.5. The van der Waals surface area contributed by atoms with E-state index in [-0.39, 0.29) is 6.54 Å². The lowest BCUT2D eigenvalue weighted by Gasteiger charge is -2.22. The average molecular weight is 428 g/mol. The summed E-state index contributed by atoms with van der Waals surface area (Å²) in [6.45, 7) is 11.8. The molecule has 2 heterocycles. The molecular weight excluding hydrogens is 394 g/mol. The highest BCUT2D eigenvalue weighted by Crippen LogP contribution is 2.35. The maximum Gasteiger partial charge on any atom is 0.106 e. The lowest BCUT2D eigenvalue weighted by molar-refractivity contribution is 0.322. The van der Waals surface area contributed by atoms with Gasteiger partial charge in [-0.05, 0) is 62.3 Å². The average Bonchev–Trinajstić information content (AvgIpc) is 3.12. The first-order valence-electron chi connectivity index (χ1n) is 11.7. The summed E-state index contributed by atoms with van der Waals surface area (Å²) in [6, 6.07) is 10.4. The van der Waals surface area contributed by atoms with Crippen LogP contribution in [0.2, 0.25) is 0 Å². The Bertz CT molecular complexity index is 1160.